The highest BCUT2D eigenvalue weighted by Crippen LogP contribution is 2.30. The Balaban J connectivity index is 3.06. The van der Waals surface area contributed by atoms with Gasteiger partial charge in [0.15, 0.2) is 0 Å². The summed E-state index contributed by atoms with van der Waals surface area (Å²) < 4.78 is 0. The number of anilines is 1. The number of carbonyl (C=O) groups excluding carboxylic acids is 1. The van der Waals surface area contributed by atoms with Gasteiger partial charge in [0.1, 0.15) is 0 Å². The number of nitrogens with zero attached hydrogens (tertiary/aromatic N) is 1. The SMILES string of the molecule is CCN(CC(N)=O)c1c(Cl)cccc1CNC(C)(C)C. The van der Waals surface area contributed by atoms with Crippen LogP contribution in [0.1, 0.15) is 33.3 Å². The molecule has 20 heavy (non-hydrogen) atoms. The van der Waals surface area contributed by atoms with E-state index in [0.717, 1.165) is 11.3 Å². The summed E-state index contributed by atoms with van der Waals surface area (Å²) in [4.78, 5) is 13.1. The topological polar surface area (TPSA) is 58.4 Å². The highest BCUT2D eigenvalue weighted by atomic mass is 35.5. The monoisotopic (exact) mass is 297 g/mol. The van der Waals surface area contributed by atoms with Crippen molar-refractivity contribution in [3.63, 3.8) is 0 Å². The number of hydrogen-bond donors (Lipinski definition) is 2. The fraction of sp³-hybridized carbons (Fsp3) is 0.533. The molecule has 1 aromatic rings. The molecule has 0 spiro atoms. The molecule has 0 aromatic heterocycles. The van der Waals surface area contributed by atoms with Gasteiger partial charge in [-0.3, -0.25) is 4.79 Å². The van der Waals surface area contributed by atoms with Gasteiger partial charge in [0.2, 0.25) is 5.91 Å². The van der Waals surface area contributed by atoms with Crippen molar-refractivity contribution in [2.45, 2.75) is 39.8 Å². The van der Waals surface area contributed by atoms with Crippen LogP contribution in [-0.2, 0) is 11.3 Å². The molecule has 1 aromatic carbocycles. The molecule has 3 N–H and O–H groups in total. The molecule has 112 valence electrons. The maximum absolute atomic E-state index is 11.2. The van der Waals surface area contributed by atoms with E-state index in [9.17, 15) is 4.79 Å². The second-order valence-corrected chi connectivity index (χ2v) is 6.24. The molecule has 0 atom stereocenters. The Morgan fingerprint density at radius 2 is 2.05 bits per heavy atom. The molecule has 4 nitrogen and oxygen atoms in total. The first-order valence-corrected chi connectivity index (χ1v) is 7.18. The lowest BCUT2D eigenvalue weighted by atomic mass is 10.1. The highest BCUT2D eigenvalue weighted by molar-refractivity contribution is 6.33. The molecular weight excluding hydrogens is 274 g/mol. The molecule has 0 unspecified atom stereocenters. The lowest BCUT2D eigenvalue weighted by Gasteiger charge is -2.27. The van der Waals surface area contributed by atoms with Gasteiger partial charge in [-0.2, -0.15) is 0 Å². The Morgan fingerprint density at radius 1 is 1.40 bits per heavy atom. The maximum atomic E-state index is 11.2. The van der Waals surface area contributed by atoms with Crippen LogP contribution < -0.4 is 16.0 Å². The zero-order valence-corrected chi connectivity index (χ0v) is 13.4. The number of halogens is 1. The third-order valence-electron chi connectivity index (χ3n) is 2.92. The summed E-state index contributed by atoms with van der Waals surface area (Å²) in [6.07, 6.45) is 0. The minimum absolute atomic E-state index is 0.0142. The van der Waals surface area contributed by atoms with Crippen LogP contribution in [-0.4, -0.2) is 24.5 Å². The van der Waals surface area contributed by atoms with Crippen molar-refractivity contribution in [1.82, 2.24) is 5.32 Å². The molecule has 5 heteroatoms. The Hall–Kier alpha value is -1.26. The predicted octanol–water partition coefficient (Wildman–Crippen LogP) is 2.54. The third-order valence-corrected chi connectivity index (χ3v) is 3.23. The Kier molecular flexibility index (Phi) is 5.84. The number of benzene rings is 1. The van der Waals surface area contributed by atoms with Crippen molar-refractivity contribution < 1.29 is 4.79 Å². The Labute approximate surface area is 126 Å². The van der Waals surface area contributed by atoms with Gasteiger partial charge in [0.05, 0.1) is 17.3 Å². The first-order chi connectivity index (χ1) is 9.24. The van der Waals surface area contributed by atoms with Crippen molar-refractivity contribution in [2.75, 3.05) is 18.0 Å². The summed E-state index contributed by atoms with van der Waals surface area (Å²) in [5.41, 5.74) is 7.27. The predicted molar refractivity (Wildman–Crippen MR) is 85.1 cm³/mol. The fourth-order valence-electron chi connectivity index (χ4n) is 1.95. The van der Waals surface area contributed by atoms with E-state index in [1.165, 1.54) is 0 Å². The number of para-hydroxylation sites is 1. The number of carbonyl (C=O) groups is 1. The van der Waals surface area contributed by atoms with Crippen LogP contribution in [0.5, 0.6) is 0 Å². The second kappa shape index (κ2) is 6.95. The van der Waals surface area contributed by atoms with Crippen molar-refractivity contribution in [1.29, 1.82) is 0 Å². The first kappa shape index (κ1) is 16.8. The molecule has 0 fully saturated rings. The summed E-state index contributed by atoms with van der Waals surface area (Å²) >= 11 is 6.31. The Bertz CT molecular complexity index is 469. The van der Waals surface area contributed by atoms with Gasteiger partial charge >= 0.3 is 0 Å². The minimum Gasteiger partial charge on any atom is -0.368 e. The van der Waals surface area contributed by atoms with Gasteiger partial charge in [0, 0.05) is 18.6 Å². The molecular formula is C15H24ClN3O. The van der Waals surface area contributed by atoms with E-state index in [1.807, 2.05) is 30.0 Å². The molecule has 1 rings (SSSR count). The molecule has 0 aliphatic rings. The third kappa shape index (κ3) is 5.02. The first-order valence-electron chi connectivity index (χ1n) is 6.80. The smallest absolute Gasteiger partial charge is 0.236 e. The summed E-state index contributed by atoms with van der Waals surface area (Å²) in [6, 6.07) is 5.77. The molecule has 0 aliphatic heterocycles. The van der Waals surface area contributed by atoms with Gasteiger partial charge in [-0.25, -0.2) is 0 Å². The highest BCUT2D eigenvalue weighted by Gasteiger charge is 2.17. The molecule has 0 aliphatic carbocycles. The molecule has 1 amide bonds. The van der Waals surface area contributed by atoms with Crippen LogP contribution in [0, 0.1) is 0 Å². The van der Waals surface area contributed by atoms with Gasteiger partial charge in [0.25, 0.3) is 0 Å². The summed E-state index contributed by atoms with van der Waals surface area (Å²) in [5, 5.41) is 4.08. The quantitative estimate of drug-likeness (QED) is 0.848. The minimum atomic E-state index is -0.360. The molecule has 0 heterocycles. The lowest BCUT2D eigenvalue weighted by Crippen LogP contribution is -2.37. The van der Waals surface area contributed by atoms with Crippen LogP contribution >= 0.6 is 11.6 Å². The number of nitrogens with one attached hydrogen (secondary N) is 1. The number of primary amides is 1. The van der Waals surface area contributed by atoms with E-state index in [1.54, 1.807) is 0 Å². The van der Waals surface area contributed by atoms with Crippen molar-refractivity contribution in [3.05, 3.63) is 28.8 Å². The number of rotatable bonds is 6. The van der Waals surface area contributed by atoms with E-state index >= 15 is 0 Å². The van der Waals surface area contributed by atoms with E-state index in [0.29, 0.717) is 18.1 Å². The van der Waals surface area contributed by atoms with Gasteiger partial charge < -0.3 is 16.0 Å². The summed E-state index contributed by atoms with van der Waals surface area (Å²) in [7, 11) is 0. The largest absolute Gasteiger partial charge is 0.368 e. The molecule has 0 saturated carbocycles. The Morgan fingerprint density at radius 3 is 2.55 bits per heavy atom. The van der Waals surface area contributed by atoms with Gasteiger partial charge in [-0.1, -0.05) is 23.7 Å². The van der Waals surface area contributed by atoms with Crippen molar-refractivity contribution in [3.8, 4) is 0 Å². The van der Waals surface area contributed by atoms with E-state index in [4.69, 9.17) is 17.3 Å². The van der Waals surface area contributed by atoms with E-state index in [2.05, 4.69) is 26.1 Å². The van der Waals surface area contributed by atoms with Crippen LogP contribution in [0.2, 0.25) is 5.02 Å². The van der Waals surface area contributed by atoms with Gasteiger partial charge in [-0.15, -0.1) is 0 Å². The standard InChI is InChI=1S/C15H24ClN3O/c1-5-19(10-13(17)20)14-11(7-6-8-12(14)16)9-18-15(2,3)4/h6-8,18H,5,9-10H2,1-4H3,(H2,17,20). The average molecular weight is 298 g/mol. The zero-order valence-electron chi connectivity index (χ0n) is 12.7. The fourth-order valence-corrected chi connectivity index (χ4v) is 2.27. The van der Waals surface area contributed by atoms with E-state index in [-0.39, 0.29) is 18.0 Å². The van der Waals surface area contributed by atoms with E-state index < -0.39 is 0 Å². The normalized spacial score (nSPS) is 11.4. The molecule has 0 saturated heterocycles. The zero-order chi connectivity index (χ0) is 15.3. The van der Waals surface area contributed by atoms with Crippen LogP contribution in [0.3, 0.4) is 0 Å². The van der Waals surface area contributed by atoms with Crippen molar-refractivity contribution in [2.24, 2.45) is 5.73 Å². The number of amides is 1. The summed E-state index contributed by atoms with van der Waals surface area (Å²) in [5.74, 6) is -0.360. The second-order valence-electron chi connectivity index (χ2n) is 5.83. The van der Waals surface area contributed by atoms with Crippen LogP contribution in [0.15, 0.2) is 18.2 Å². The van der Waals surface area contributed by atoms with Gasteiger partial charge in [-0.05, 0) is 39.3 Å². The summed E-state index contributed by atoms with van der Waals surface area (Å²) in [6.45, 7) is 9.84. The maximum Gasteiger partial charge on any atom is 0.236 e. The van der Waals surface area contributed by atoms with Crippen LogP contribution in [0.25, 0.3) is 0 Å². The molecule has 0 radical (unpaired) electrons. The lowest BCUT2D eigenvalue weighted by molar-refractivity contribution is -0.116. The number of nitrogens with two attached hydrogens (primary N) is 1. The molecule has 0 bridgehead atoms. The average Bonchev–Trinajstić information content (AvgIpc) is 2.33. The number of hydrogen-bond acceptors (Lipinski definition) is 3. The van der Waals surface area contributed by atoms with Crippen molar-refractivity contribution >= 4 is 23.2 Å². The van der Waals surface area contributed by atoms with Crippen LogP contribution in [0.4, 0.5) is 5.69 Å². The number of likely N-dealkylation sites (N-methyl/N-ethyl adjacent to an activating group) is 1.